The van der Waals surface area contributed by atoms with E-state index in [9.17, 15) is 44.4 Å². The zero-order valence-electron chi connectivity index (χ0n) is 23.5. The highest BCUT2D eigenvalue weighted by Gasteiger charge is 2.31. The topological polar surface area (TPSA) is 257 Å². The summed E-state index contributed by atoms with van der Waals surface area (Å²) in [5.41, 5.74) is 7.64. The summed E-state index contributed by atoms with van der Waals surface area (Å²) in [6.45, 7) is 0. The van der Waals surface area contributed by atoms with Crippen molar-refractivity contribution in [1.82, 2.24) is 25.9 Å². The van der Waals surface area contributed by atoms with Crippen LogP contribution < -0.4 is 21.7 Å². The molecule has 3 aromatic rings. The molecule has 1 heterocycles. The number of rotatable bonds is 16. The second-order valence-corrected chi connectivity index (χ2v) is 10.1. The summed E-state index contributed by atoms with van der Waals surface area (Å²) >= 11 is 0. The number of H-pyrrole nitrogens is 1. The highest BCUT2D eigenvalue weighted by Crippen LogP contribution is 2.14. The van der Waals surface area contributed by atoms with E-state index in [1.807, 2.05) is 0 Å². The second-order valence-electron chi connectivity index (χ2n) is 10.1. The van der Waals surface area contributed by atoms with Gasteiger partial charge in [-0.1, -0.05) is 24.3 Å². The van der Waals surface area contributed by atoms with Gasteiger partial charge < -0.3 is 47.1 Å². The summed E-state index contributed by atoms with van der Waals surface area (Å²) in [7, 11) is 0. The smallest absolute Gasteiger partial charge is 0.326 e. The average molecular weight is 611 g/mol. The van der Waals surface area contributed by atoms with E-state index in [0.717, 1.165) is 0 Å². The van der Waals surface area contributed by atoms with Crippen molar-refractivity contribution in [2.75, 3.05) is 0 Å². The van der Waals surface area contributed by atoms with Gasteiger partial charge in [0.05, 0.1) is 12.4 Å². The molecule has 0 aliphatic rings. The number of nitrogens with one attached hydrogen (secondary N) is 4. The van der Waals surface area contributed by atoms with E-state index in [1.54, 1.807) is 0 Å². The van der Waals surface area contributed by atoms with Gasteiger partial charge in [0.25, 0.3) is 0 Å². The molecule has 0 aliphatic carbocycles. The minimum Gasteiger partial charge on any atom is -0.508 e. The lowest BCUT2D eigenvalue weighted by Gasteiger charge is -2.25. The first-order valence-corrected chi connectivity index (χ1v) is 13.6. The molecule has 44 heavy (non-hydrogen) atoms. The summed E-state index contributed by atoms with van der Waals surface area (Å²) in [4.78, 5) is 69.6. The van der Waals surface area contributed by atoms with Crippen LogP contribution in [0.2, 0.25) is 0 Å². The number of carboxylic acid groups (broad SMARTS) is 2. The van der Waals surface area contributed by atoms with Crippen LogP contribution in [0.5, 0.6) is 11.5 Å². The molecule has 0 fully saturated rings. The Hall–Kier alpha value is -5.44. The van der Waals surface area contributed by atoms with E-state index in [0.29, 0.717) is 16.8 Å². The molecule has 1 aromatic heterocycles. The van der Waals surface area contributed by atoms with E-state index < -0.39 is 60.2 Å². The lowest BCUT2D eigenvalue weighted by molar-refractivity contribution is -0.143. The Morgan fingerprint density at radius 2 is 1.23 bits per heavy atom. The summed E-state index contributed by atoms with van der Waals surface area (Å²) in [5.74, 6) is -5.17. The molecule has 3 rings (SSSR count). The van der Waals surface area contributed by atoms with Crippen LogP contribution in [0.25, 0.3) is 0 Å². The number of phenols is 2. The van der Waals surface area contributed by atoms with Crippen molar-refractivity contribution >= 4 is 29.7 Å². The zero-order valence-corrected chi connectivity index (χ0v) is 23.5. The fourth-order valence-corrected chi connectivity index (χ4v) is 4.23. The number of hydrogen-bond donors (Lipinski definition) is 9. The minimum atomic E-state index is -1.47. The molecule has 0 saturated heterocycles. The second kappa shape index (κ2) is 15.7. The molecule has 10 N–H and O–H groups in total. The van der Waals surface area contributed by atoms with Crippen LogP contribution in [-0.2, 0) is 43.2 Å². The number of aromatic amines is 1. The van der Waals surface area contributed by atoms with Gasteiger partial charge in [-0.25, -0.2) is 9.78 Å². The summed E-state index contributed by atoms with van der Waals surface area (Å²) in [6, 6.07) is 6.23. The third-order valence-corrected chi connectivity index (χ3v) is 6.61. The van der Waals surface area contributed by atoms with Crippen LogP contribution in [0.4, 0.5) is 0 Å². The molecule has 0 aliphatic heterocycles. The van der Waals surface area contributed by atoms with Crippen molar-refractivity contribution in [3.8, 4) is 11.5 Å². The quantitative estimate of drug-likeness (QED) is 0.101. The maximum absolute atomic E-state index is 13.5. The average Bonchev–Trinajstić information content (AvgIpc) is 3.49. The summed E-state index contributed by atoms with van der Waals surface area (Å²) in [6.07, 6.45) is 1.85. The van der Waals surface area contributed by atoms with Gasteiger partial charge in [-0.15, -0.1) is 0 Å². The predicted octanol–water partition coefficient (Wildman–Crippen LogP) is -0.420. The molecular weight excluding hydrogens is 576 g/mol. The monoisotopic (exact) mass is 610 g/mol. The minimum absolute atomic E-state index is 0.0222. The van der Waals surface area contributed by atoms with E-state index in [4.69, 9.17) is 5.73 Å². The van der Waals surface area contributed by atoms with Crippen molar-refractivity contribution < 1.29 is 44.4 Å². The summed E-state index contributed by atoms with van der Waals surface area (Å²) in [5, 5.41) is 45.4. The number of aromatic hydroxyl groups is 2. The highest BCUT2D eigenvalue weighted by molar-refractivity contribution is 5.94. The van der Waals surface area contributed by atoms with Gasteiger partial charge >= 0.3 is 11.9 Å². The van der Waals surface area contributed by atoms with Crippen molar-refractivity contribution in [2.24, 2.45) is 5.73 Å². The molecule has 15 nitrogen and oxygen atoms in total. The molecule has 0 spiro atoms. The number of hydrogen-bond acceptors (Lipinski definition) is 9. The maximum Gasteiger partial charge on any atom is 0.326 e. The van der Waals surface area contributed by atoms with Crippen LogP contribution in [0.1, 0.15) is 29.7 Å². The molecule has 4 unspecified atom stereocenters. The number of aromatic nitrogens is 2. The van der Waals surface area contributed by atoms with Gasteiger partial charge in [0.15, 0.2) is 0 Å². The largest absolute Gasteiger partial charge is 0.508 e. The molecule has 234 valence electrons. The maximum atomic E-state index is 13.5. The Bertz CT molecular complexity index is 1430. The predicted molar refractivity (Wildman–Crippen MR) is 154 cm³/mol. The van der Waals surface area contributed by atoms with E-state index in [2.05, 4.69) is 25.9 Å². The standard InChI is InChI=1S/C29H34N6O9/c30-21(13-18-14-31-15-32-18)26(40)34-23(11-16-1-5-19(36)6-2-16)28(42)33-22(9-10-25(38)39)27(41)35-24(29(43)44)12-17-3-7-20(37)8-4-17/h1-8,14-15,21-24,36-37H,9-13,30H2,(H,31,32)(H,33,42)(H,34,40)(H,35,41)(H,38,39)(H,43,44). The number of carbonyl (C=O) groups excluding carboxylic acids is 3. The van der Waals surface area contributed by atoms with Gasteiger partial charge in [0.1, 0.15) is 29.6 Å². The first-order chi connectivity index (χ1) is 20.9. The van der Waals surface area contributed by atoms with Crippen LogP contribution in [0, 0.1) is 0 Å². The lowest BCUT2D eigenvalue weighted by atomic mass is 10.0. The molecule has 3 amide bonds. The van der Waals surface area contributed by atoms with E-state index >= 15 is 0 Å². The lowest BCUT2D eigenvalue weighted by Crippen LogP contribution is -2.58. The SMILES string of the molecule is NC(Cc1cnc[nH]1)C(=O)NC(Cc1ccc(O)cc1)C(=O)NC(CCC(=O)O)C(=O)NC(Cc1ccc(O)cc1)C(=O)O. The number of amides is 3. The Morgan fingerprint density at radius 1 is 0.727 bits per heavy atom. The first kappa shape index (κ1) is 33.1. The fourth-order valence-electron chi connectivity index (χ4n) is 4.23. The van der Waals surface area contributed by atoms with Gasteiger partial charge in [-0.05, 0) is 41.8 Å². The zero-order chi connectivity index (χ0) is 32.2. The van der Waals surface area contributed by atoms with E-state index in [1.165, 1.54) is 61.1 Å². The van der Waals surface area contributed by atoms with Crippen LogP contribution >= 0.6 is 0 Å². The Kier molecular flexibility index (Phi) is 11.8. The number of aliphatic carboxylic acids is 2. The Labute approximate surface area is 251 Å². The molecule has 0 saturated carbocycles. The van der Waals surface area contributed by atoms with Crippen molar-refractivity contribution in [2.45, 2.75) is 56.3 Å². The van der Waals surface area contributed by atoms with Crippen LogP contribution in [0.15, 0.2) is 61.1 Å². The Balaban J connectivity index is 1.78. The number of nitrogens with zero attached hydrogens (tertiary/aromatic N) is 1. The highest BCUT2D eigenvalue weighted by atomic mass is 16.4. The van der Waals surface area contributed by atoms with Gasteiger partial charge in [-0.2, -0.15) is 0 Å². The number of carbonyl (C=O) groups is 5. The van der Waals surface area contributed by atoms with Gasteiger partial charge in [0, 0.05) is 37.6 Å². The normalized spacial score (nSPS) is 13.6. The number of phenolic OH excluding ortho intramolecular Hbond substituents is 2. The number of nitrogens with two attached hydrogens (primary N) is 1. The number of imidazole rings is 1. The summed E-state index contributed by atoms with van der Waals surface area (Å²) < 4.78 is 0. The molecule has 2 aromatic carbocycles. The van der Waals surface area contributed by atoms with Gasteiger partial charge in [-0.3, -0.25) is 19.2 Å². The molecule has 15 heteroatoms. The van der Waals surface area contributed by atoms with Gasteiger partial charge in [0.2, 0.25) is 17.7 Å². The molecular formula is C29H34N6O9. The molecule has 0 bridgehead atoms. The van der Waals surface area contributed by atoms with Crippen LogP contribution in [-0.4, -0.2) is 84.2 Å². The van der Waals surface area contributed by atoms with E-state index in [-0.39, 0.29) is 37.2 Å². The van der Waals surface area contributed by atoms with Crippen LogP contribution in [0.3, 0.4) is 0 Å². The van der Waals surface area contributed by atoms with Crippen molar-refractivity contribution in [1.29, 1.82) is 0 Å². The third-order valence-electron chi connectivity index (χ3n) is 6.61. The third kappa shape index (κ3) is 10.4. The molecule has 0 radical (unpaired) electrons. The fraction of sp³-hybridized carbons (Fsp3) is 0.310. The first-order valence-electron chi connectivity index (χ1n) is 13.6. The van der Waals surface area contributed by atoms with Crippen molar-refractivity contribution in [3.05, 3.63) is 77.9 Å². The number of carboxylic acids is 2. The molecule has 4 atom stereocenters. The van der Waals surface area contributed by atoms with Crippen molar-refractivity contribution in [3.63, 3.8) is 0 Å². The Morgan fingerprint density at radius 3 is 1.73 bits per heavy atom. The number of benzene rings is 2.